The van der Waals surface area contributed by atoms with Crippen molar-refractivity contribution in [3.8, 4) is 0 Å². The summed E-state index contributed by atoms with van der Waals surface area (Å²) in [6.07, 6.45) is 11.2. The van der Waals surface area contributed by atoms with Gasteiger partial charge in [-0.25, -0.2) is 9.78 Å². The number of thiazole rings is 1. The molecule has 1 aliphatic carbocycles. The quantitative estimate of drug-likeness (QED) is 0.772. The van der Waals surface area contributed by atoms with Gasteiger partial charge >= 0.3 is 6.03 Å². The Morgan fingerprint density at radius 2 is 1.78 bits per heavy atom. The molecule has 3 amide bonds. The van der Waals surface area contributed by atoms with Gasteiger partial charge in [-0.3, -0.25) is 10.1 Å². The van der Waals surface area contributed by atoms with E-state index in [0.717, 1.165) is 43.6 Å². The second-order valence-corrected chi connectivity index (χ2v) is 8.96. The maximum Gasteiger partial charge on any atom is 0.324 e. The van der Waals surface area contributed by atoms with Gasteiger partial charge in [0.25, 0.3) is 0 Å². The van der Waals surface area contributed by atoms with Gasteiger partial charge in [0.05, 0.1) is 0 Å². The Morgan fingerprint density at radius 1 is 1.15 bits per heavy atom. The van der Waals surface area contributed by atoms with Crippen LogP contribution in [0.3, 0.4) is 0 Å². The first-order valence-corrected chi connectivity index (χ1v) is 11.2. The first-order chi connectivity index (χ1) is 13.1. The highest BCUT2D eigenvalue weighted by molar-refractivity contribution is 7.15. The smallest absolute Gasteiger partial charge is 0.324 e. The van der Waals surface area contributed by atoms with E-state index >= 15 is 0 Å². The van der Waals surface area contributed by atoms with E-state index in [1.807, 2.05) is 18.7 Å². The lowest BCUT2D eigenvalue weighted by atomic mass is 9.98. The molecule has 2 heterocycles. The lowest BCUT2D eigenvalue weighted by Crippen LogP contribution is -2.53. The molecule has 0 unspecified atom stereocenters. The number of aryl methyl sites for hydroxylation is 1. The summed E-state index contributed by atoms with van der Waals surface area (Å²) in [4.78, 5) is 34.6. The van der Waals surface area contributed by atoms with Crippen molar-refractivity contribution in [1.29, 1.82) is 0 Å². The molecule has 6 nitrogen and oxygen atoms in total. The van der Waals surface area contributed by atoms with Crippen molar-refractivity contribution in [1.82, 2.24) is 14.8 Å². The van der Waals surface area contributed by atoms with E-state index < -0.39 is 0 Å². The predicted octanol–water partition coefficient (Wildman–Crippen LogP) is 4.41. The summed E-state index contributed by atoms with van der Waals surface area (Å²) in [6.45, 7) is 5.42. The highest BCUT2D eigenvalue weighted by Crippen LogP contribution is 2.29. The van der Waals surface area contributed by atoms with Crippen LogP contribution < -0.4 is 5.32 Å². The average molecular weight is 393 g/mol. The normalized spacial score (nSPS) is 19.6. The molecule has 1 N–H and O–H groups in total. The van der Waals surface area contributed by atoms with E-state index in [0.29, 0.717) is 17.6 Å². The number of nitrogens with zero attached hydrogens (tertiary/aromatic N) is 3. The van der Waals surface area contributed by atoms with Gasteiger partial charge in [-0.2, -0.15) is 0 Å². The molecule has 27 heavy (non-hydrogen) atoms. The van der Waals surface area contributed by atoms with Gasteiger partial charge in [-0.1, -0.05) is 32.6 Å². The summed E-state index contributed by atoms with van der Waals surface area (Å²) in [7, 11) is 0. The number of rotatable bonds is 4. The van der Waals surface area contributed by atoms with E-state index in [-0.39, 0.29) is 18.0 Å². The zero-order chi connectivity index (χ0) is 19.2. The fourth-order valence-electron chi connectivity index (χ4n) is 4.35. The highest BCUT2D eigenvalue weighted by Gasteiger charge is 2.34. The third-order valence-electron chi connectivity index (χ3n) is 5.80. The predicted molar refractivity (Wildman–Crippen MR) is 109 cm³/mol. The minimum atomic E-state index is -0.0171. The molecular weight excluding hydrogens is 360 g/mol. The molecule has 0 spiro atoms. The van der Waals surface area contributed by atoms with Crippen molar-refractivity contribution in [3.05, 3.63) is 11.1 Å². The number of likely N-dealkylation sites (tertiary alicyclic amines) is 1. The fraction of sp³-hybridized carbons (Fsp3) is 0.750. The number of carbonyl (C=O) groups excluding carboxylic acids is 2. The minimum Gasteiger partial charge on any atom is -0.343 e. The van der Waals surface area contributed by atoms with Crippen LogP contribution in [0, 0.1) is 6.92 Å². The molecule has 3 rings (SSSR count). The Kier molecular flexibility index (Phi) is 7.10. The average Bonchev–Trinajstić information content (AvgIpc) is 2.91. The summed E-state index contributed by atoms with van der Waals surface area (Å²) in [6, 6.07) is 0.485. The minimum absolute atomic E-state index is 0.0171. The summed E-state index contributed by atoms with van der Waals surface area (Å²) in [5, 5.41) is 3.71. The molecule has 1 saturated heterocycles. The van der Waals surface area contributed by atoms with Crippen LogP contribution in [0.15, 0.2) is 6.20 Å². The Labute approximate surface area is 166 Å². The maximum atomic E-state index is 13.2. The van der Waals surface area contributed by atoms with Gasteiger partial charge in [-0.15, -0.1) is 11.3 Å². The zero-order valence-electron chi connectivity index (χ0n) is 16.6. The van der Waals surface area contributed by atoms with E-state index in [4.69, 9.17) is 0 Å². The van der Waals surface area contributed by atoms with Gasteiger partial charge in [0.2, 0.25) is 5.91 Å². The number of piperidine rings is 1. The Bertz CT molecular complexity index is 632. The molecule has 1 saturated carbocycles. The molecule has 1 aromatic heterocycles. The standard InChI is InChI=1S/C20H32N4O2S/c1-3-18(25)23-12-10-17(11-13-23)24(16-8-6-4-5-7-9-16)20(26)22-19-21-14-15(2)27-19/h14,16-17H,3-13H2,1-2H3,(H,21,22,26). The van der Waals surface area contributed by atoms with Gasteiger partial charge in [-0.05, 0) is 32.6 Å². The van der Waals surface area contributed by atoms with Crippen LogP contribution >= 0.6 is 11.3 Å². The lowest BCUT2D eigenvalue weighted by Gasteiger charge is -2.42. The highest BCUT2D eigenvalue weighted by atomic mass is 32.1. The summed E-state index contributed by atoms with van der Waals surface area (Å²) < 4.78 is 0. The molecule has 150 valence electrons. The molecular formula is C20H32N4O2S. The SMILES string of the molecule is CCC(=O)N1CCC(N(C(=O)Nc2ncc(C)s2)C2CCCCCC2)CC1. The lowest BCUT2D eigenvalue weighted by molar-refractivity contribution is -0.132. The van der Waals surface area contributed by atoms with E-state index in [1.54, 1.807) is 6.20 Å². The van der Waals surface area contributed by atoms with Gasteiger partial charge in [0.1, 0.15) is 0 Å². The Morgan fingerprint density at radius 3 is 2.33 bits per heavy atom. The molecule has 1 aliphatic heterocycles. The molecule has 0 atom stereocenters. The van der Waals surface area contributed by atoms with E-state index in [1.165, 1.54) is 37.0 Å². The number of hydrogen-bond acceptors (Lipinski definition) is 4. The zero-order valence-corrected chi connectivity index (χ0v) is 17.4. The molecule has 1 aromatic rings. The monoisotopic (exact) mass is 392 g/mol. The van der Waals surface area contributed by atoms with Crippen molar-refractivity contribution in [2.45, 2.75) is 83.7 Å². The number of nitrogens with one attached hydrogen (secondary N) is 1. The number of amides is 3. The first-order valence-electron chi connectivity index (χ1n) is 10.4. The summed E-state index contributed by atoms with van der Waals surface area (Å²) in [5.41, 5.74) is 0. The van der Waals surface area contributed by atoms with Gasteiger partial charge in [0.15, 0.2) is 5.13 Å². The van der Waals surface area contributed by atoms with Crippen LogP contribution in [0.1, 0.15) is 69.6 Å². The van der Waals surface area contributed by atoms with Crippen molar-refractivity contribution in [2.24, 2.45) is 0 Å². The molecule has 0 aromatic carbocycles. The number of urea groups is 1. The summed E-state index contributed by atoms with van der Waals surface area (Å²) >= 11 is 1.52. The number of hydrogen-bond donors (Lipinski definition) is 1. The maximum absolute atomic E-state index is 13.2. The van der Waals surface area contributed by atoms with Crippen LogP contribution in [0.2, 0.25) is 0 Å². The van der Waals surface area contributed by atoms with Crippen LogP contribution in [0.5, 0.6) is 0 Å². The molecule has 2 fully saturated rings. The van der Waals surface area contributed by atoms with Crippen molar-refractivity contribution >= 4 is 28.4 Å². The van der Waals surface area contributed by atoms with Crippen molar-refractivity contribution < 1.29 is 9.59 Å². The first kappa shape index (κ1) is 20.1. The van der Waals surface area contributed by atoms with E-state index in [9.17, 15) is 9.59 Å². The van der Waals surface area contributed by atoms with Crippen LogP contribution in [-0.4, -0.2) is 51.9 Å². The van der Waals surface area contributed by atoms with Crippen LogP contribution in [-0.2, 0) is 4.79 Å². The third kappa shape index (κ3) is 5.21. The number of aromatic nitrogens is 1. The second kappa shape index (κ2) is 9.53. The topological polar surface area (TPSA) is 65.5 Å². The molecule has 0 bridgehead atoms. The van der Waals surface area contributed by atoms with Crippen LogP contribution in [0.4, 0.5) is 9.93 Å². The molecule has 2 aliphatic rings. The Balaban J connectivity index is 1.71. The largest absolute Gasteiger partial charge is 0.343 e. The van der Waals surface area contributed by atoms with E-state index in [2.05, 4.69) is 15.2 Å². The van der Waals surface area contributed by atoms with Crippen LogP contribution in [0.25, 0.3) is 0 Å². The molecule has 7 heteroatoms. The van der Waals surface area contributed by atoms with Crippen molar-refractivity contribution in [3.63, 3.8) is 0 Å². The van der Waals surface area contributed by atoms with Gasteiger partial charge < -0.3 is 9.80 Å². The molecule has 0 radical (unpaired) electrons. The Hall–Kier alpha value is -1.63. The second-order valence-electron chi connectivity index (χ2n) is 7.72. The fourth-order valence-corrected chi connectivity index (χ4v) is 5.01. The van der Waals surface area contributed by atoms with Gasteiger partial charge in [0, 0.05) is 42.7 Å². The number of carbonyl (C=O) groups is 2. The summed E-state index contributed by atoms with van der Waals surface area (Å²) in [5.74, 6) is 0.220. The third-order valence-corrected chi connectivity index (χ3v) is 6.63. The van der Waals surface area contributed by atoms with Crippen molar-refractivity contribution in [2.75, 3.05) is 18.4 Å². The number of anilines is 1.